The molecule has 0 N–H and O–H groups in total. The van der Waals surface area contributed by atoms with Crippen LogP contribution in [-0.2, 0) is 0 Å². The molecule has 2 nitrogen and oxygen atoms in total. The molecule has 0 atom stereocenters. The summed E-state index contributed by atoms with van der Waals surface area (Å²) in [4.78, 5) is 0. The van der Waals surface area contributed by atoms with Gasteiger partial charge in [-0.15, -0.1) is 0 Å². The van der Waals surface area contributed by atoms with E-state index in [0.29, 0.717) is 16.3 Å². The van der Waals surface area contributed by atoms with Gasteiger partial charge in [0.1, 0.15) is 5.75 Å². The molecule has 64 valence electrons. The number of benzene rings is 1. The van der Waals surface area contributed by atoms with Crippen molar-refractivity contribution >= 4 is 11.6 Å². The van der Waals surface area contributed by atoms with Crippen molar-refractivity contribution in [2.24, 2.45) is 0 Å². The normalized spacial score (nSPS) is 8.08. The fourth-order valence-electron chi connectivity index (χ4n) is 0.844. The van der Waals surface area contributed by atoms with Gasteiger partial charge in [0.2, 0.25) is 0 Å². The first-order chi connectivity index (χ1) is 6.27. The highest BCUT2D eigenvalue weighted by Gasteiger charge is 1.98. The molecule has 0 unspecified atom stereocenters. The van der Waals surface area contributed by atoms with Gasteiger partial charge >= 0.3 is 0 Å². The second-order valence-corrected chi connectivity index (χ2v) is 2.62. The number of halogens is 1. The maximum absolute atomic E-state index is 8.22. The molecule has 0 aromatic heterocycles. The molecular formula is C10H6ClNO. The van der Waals surface area contributed by atoms with Gasteiger partial charge in [0.25, 0.3) is 0 Å². The van der Waals surface area contributed by atoms with Crippen molar-refractivity contribution in [3.05, 3.63) is 28.8 Å². The monoisotopic (exact) mass is 191 g/mol. The zero-order valence-corrected chi connectivity index (χ0v) is 7.72. The Bertz CT molecular complexity index is 409. The molecule has 0 aliphatic rings. The number of nitriles is 1. The molecule has 1 aromatic rings. The summed E-state index contributed by atoms with van der Waals surface area (Å²) in [7, 11) is 1.54. The predicted molar refractivity (Wildman–Crippen MR) is 50.5 cm³/mol. The van der Waals surface area contributed by atoms with Crippen LogP contribution < -0.4 is 4.74 Å². The van der Waals surface area contributed by atoms with Gasteiger partial charge in [0.15, 0.2) is 6.07 Å². The molecule has 0 saturated carbocycles. The molecule has 0 radical (unpaired) electrons. The molecule has 0 bridgehead atoms. The zero-order chi connectivity index (χ0) is 9.68. The van der Waals surface area contributed by atoms with E-state index in [-0.39, 0.29) is 0 Å². The molecule has 0 heterocycles. The van der Waals surface area contributed by atoms with Crippen LogP contribution in [0.1, 0.15) is 5.56 Å². The lowest BCUT2D eigenvalue weighted by Gasteiger charge is -2.01. The van der Waals surface area contributed by atoms with Gasteiger partial charge in [-0.1, -0.05) is 17.5 Å². The standard InChI is InChI=1S/C10H6ClNO/c1-13-10-5-4-8(3-2-6-12)7-9(10)11/h4-5,7H,1H3. The number of hydrogen-bond acceptors (Lipinski definition) is 2. The third kappa shape index (κ3) is 2.40. The minimum absolute atomic E-state index is 0.493. The molecule has 0 amide bonds. The minimum Gasteiger partial charge on any atom is -0.495 e. The number of hydrogen-bond donors (Lipinski definition) is 0. The summed E-state index contributed by atoms with van der Waals surface area (Å²) in [5.74, 6) is 5.52. The topological polar surface area (TPSA) is 33.0 Å². The van der Waals surface area contributed by atoms with Crippen molar-refractivity contribution in [1.82, 2.24) is 0 Å². The Morgan fingerprint density at radius 1 is 1.46 bits per heavy atom. The second-order valence-electron chi connectivity index (χ2n) is 2.21. The lowest BCUT2D eigenvalue weighted by Crippen LogP contribution is -1.84. The van der Waals surface area contributed by atoms with E-state index in [1.54, 1.807) is 31.4 Å². The van der Waals surface area contributed by atoms with Crippen molar-refractivity contribution in [2.45, 2.75) is 0 Å². The minimum atomic E-state index is 0.493. The summed E-state index contributed by atoms with van der Waals surface area (Å²) in [6.45, 7) is 0. The molecule has 1 rings (SSSR count). The first kappa shape index (κ1) is 9.45. The first-order valence-electron chi connectivity index (χ1n) is 3.51. The van der Waals surface area contributed by atoms with E-state index in [9.17, 15) is 0 Å². The highest BCUT2D eigenvalue weighted by atomic mass is 35.5. The Labute approximate surface area is 81.7 Å². The second kappa shape index (κ2) is 4.40. The van der Waals surface area contributed by atoms with Crippen LogP contribution >= 0.6 is 11.6 Å². The van der Waals surface area contributed by atoms with Crippen molar-refractivity contribution in [2.75, 3.05) is 7.11 Å². The number of nitrogens with zero attached hydrogens (tertiary/aromatic N) is 1. The quantitative estimate of drug-likeness (QED) is 0.638. The molecule has 0 aliphatic heterocycles. The number of rotatable bonds is 1. The lowest BCUT2D eigenvalue weighted by molar-refractivity contribution is 0.415. The third-order valence-corrected chi connectivity index (χ3v) is 1.71. The van der Waals surface area contributed by atoms with Gasteiger partial charge < -0.3 is 4.74 Å². The third-order valence-electron chi connectivity index (χ3n) is 1.41. The molecule has 0 aliphatic carbocycles. The van der Waals surface area contributed by atoms with Gasteiger partial charge in [0.05, 0.1) is 12.1 Å². The van der Waals surface area contributed by atoms with Crippen LogP contribution in [0.25, 0.3) is 0 Å². The van der Waals surface area contributed by atoms with E-state index in [0.717, 1.165) is 0 Å². The summed E-state index contributed by atoms with van der Waals surface area (Å²) < 4.78 is 4.96. The molecule has 0 spiro atoms. The van der Waals surface area contributed by atoms with Crippen molar-refractivity contribution in [1.29, 1.82) is 5.26 Å². The van der Waals surface area contributed by atoms with Crippen LogP contribution in [-0.4, -0.2) is 7.11 Å². The molecule has 0 saturated heterocycles. The summed E-state index contributed by atoms with van der Waals surface area (Å²) in [5.41, 5.74) is 0.701. The summed E-state index contributed by atoms with van der Waals surface area (Å²) in [5, 5.41) is 8.71. The average molecular weight is 192 g/mol. The maximum Gasteiger partial charge on any atom is 0.152 e. The van der Waals surface area contributed by atoms with Gasteiger partial charge in [-0.25, -0.2) is 0 Å². The van der Waals surface area contributed by atoms with Crippen molar-refractivity contribution < 1.29 is 4.74 Å². The molecule has 3 heteroatoms. The van der Waals surface area contributed by atoms with E-state index in [4.69, 9.17) is 21.6 Å². The van der Waals surface area contributed by atoms with Crippen LogP contribution in [0, 0.1) is 23.2 Å². The Morgan fingerprint density at radius 2 is 2.23 bits per heavy atom. The van der Waals surface area contributed by atoms with Gasteiger partial charge in [0, 0.05) is 11.5 Å². The van der Waals surface area contributed by atoms with Crippen molar-refractivity contribution in [3.63, 3.8) is 0 Å². The zero-order valence-electron chi connectivity index (χ0n) is 6.97. The van der Waals surface area contributed by atoms with Crippen LogP contribution in [0.3, 0.4) is 0 Å². The smallest absolute Gasteiger partial charge is 0.152 e. The largest absolute Gasteiger partial charge is 0.495 e. The van der Waals surface area contributed by atoms with Crippen LogP contribution in [0.4, 0.5) is 0 Å². The van der Waals surface area contributed by atoms with E-state index in [1.165, 1.54) is 0 Å². The van der Waals surface area contributed by atoms with E-state index in [1.807, 2.05) is 0 Å². The first-order valence-corrected chi connectivity index (χ1v) is 3.89. The Kier molecular flexibility index (Phi) is 3.20. The number of methoxy groups -OCH3 is 1. The summed E-state index contributed by atoms with van der Waals surface area (Å²) >= 11 is 5.83. The predicted octanol–water partition coefficient (Wildman–Crippen LogP) is 2.22. The highest BCUT2D eigenvalue weighted by molar-refractivity contribution is 6.32. The van der Waals surface area contributed by atoms with Crippen LogP contribution in [0.15, 0.2) is 18.2 Å². The van der Waals surface area contributed by atoms with E-state index in [2.05, 4.69) is 11.8 Å². The van der Waals surface area contributed by atoms with Crippen LogP contribution in [0.2, 0.25) is 5.02 Å². The van der Waals surface area contributed by atoms with Gasteiger partial charge in [-0.2, -0.15) is 5.26 Å². The molecule has 13 heavy (non-hydrogen) atoms. The number of ether oxygens (including phenoxy) is 1. The Balaban J connectivity index is 3.04. The van der Waals surface area contributed by atoms with Crippen LogP contribution in [0.5, 0.6) is 5.75 Å². The molecule has 1 aromatic carbocycles. The summed E-state index contributed by atoms with van der Waals surface area (Å²) in [6, 6.07) is 6.84. The van der Waals surface area contributed by atoms with Gasteiger partial charge in [-0.3, -0.25) is 0 Å². The fourth-order valence-corrected chi connectivity index (χ4v) is 1.10. The van der Waals surface area contributed by atoms with Gasteiger partial charge in [-0.05, 0) is 18.2 Å². The SMILES string of the molecule is COc1ccc(C#CC#N)cc1Cl. The maximum atomic E-state index is 8.22. The molecular weight excluding hydrogens is 186 g/mol. The van der Waals surface area contributed by atoms with E-state index >= 15 is 0 Å². The summed E-state index contributed by atoms with van der Waals surface area (Å²) in [6.07, 6.45) is 0. The Morgan fingerprint density at radius 3 is 2.77 bits per heavy atom. The van der Waals surface area contributed by atoms with E-state index < -0.39 is 0 Å². The fraction of sp³-hybridized carbons (Fsp3) is 0.100. The average Bonchev–Trinajstić information content (AvgIpc) is 2.15. The highest BCUT2D eigenvalue weighted by Crippen LogP contribution is 2.24. The van der Waals surface area contributed by atoms with Crippen molar-refractivity contribution in [3.8, 4) is 23.7 Å². The molecule has 0 fully saturated rings. The Hall–Kier alpha value is -1.64. The lowest BCUT2D eigenvalue weighted by atomic mass is 10.2.